The lowest BCUT2D eigenvalue weighted by Gasteiger charge is -2.18. The van der Waals surface area contributed by atoms with E-state index in [1.165, 1.54) is 77.0 Å². The van der Waals surface area contributed by atoms with Crippen molar-refractivity contribution in [2.45, 2.75) is 84.0 Å². The smallest absolute Gasteiger partial charge is 0.0164 e. The molecule has 0 bridgehead atoms. The van der Waals surface area contributed by atoms with E-state index in [0.717, 1.165) is 19.6 Å². The molecule has 0 aliphatic rings. The maximum atomic E-state index is 5.60. The van der Waals surface area contributed by atoms with Gasteiger partial charge in [0.25, 0.3) is 0 Å². The fraction of sp³-hybridized carbons (Fsp3) is 0.900. The fourth-order valence-electron chi connectivity index (χ4n) is 2.93. The summed E-state index contributed by atoms with van der Waals surface area (Å²) in [4.78, 5) is 2.32. The lowest BCUT2D eigenvalue weighted by Crippen LogP contribution is -2.33. The molecule has 0 spiro atoms. The molecule has 0 aromatic heterocycles. The summed E-state index contributed by atoms with van der Waals surface area (Å²) in [6.07, 6.45) is 21.4. The van der Waals surface area contributed by atoms with Gasteiger partial charge in [0.05, 0.1) is 0 Å². The molecule has 3 heteroatoms. The molecule has 138 valence electrons. The Balaban J connectivity index is 3.27. The normalized spacial score (nSPS) is 11.8. The summed E-state index contributed by atoms with van der Waals surface area (Å²) >= 11 is 0. The van der Waals surface area contributed by atoms with E-state index < -0.39 is 0 Å². The number of nitrogens with two attached hydrogens (primary N) is 2. The largest absolute Gasteiger partial charge is 0.329 e. The minimum atomic E-state index is 0.715. The molecule has 0 unspecified atom stereocenters. The number of nitrogens with zero attached hydrogens (tertiary/aromatic N) is 1. The molecule has 0 aliphatic heterocycles. The molecule has 0 aromatic rings. The van der Waals surface area contributed by atoms with Crippen molar-refractivity contribution in [3.05, 3.63) is 12.2 Å². The highest BCUT2D eigenvalue weighted by molar-refractivity contribution is 4.85. The van der Waals surface area contributed by atoms with Gasteiger partial charge in [0, 0.05) is 32.7 Å². The molecule has 0 aliphatic carbocycles. The van der Waals surface area contributed by atoms with Crippen molar-refractivity contribution >= 4 is 0 Å². The van der Waals surface area contributed by atoms with Crippen LogP contribution < -0.4 is 11.5 Å². The monoisotopic (exact) mass is 325 g/mol. The first-order chi connectivity index (χ1) is 11.3. The van der Waals surface area contributed by atoms with Crippen LogP contribution in [0.2, 0.25) is 0 Å². The third-order valence-corrected chi connectivity index (χ3v) is 4.40. The second kappa shape index (κ2) is 19.7. The molecule has 23 heavy (non-hydrogen) atoms. The van der Waals surface area contributed by atoms with Crippen molar-refractivity contribution in [3.8, 4) is 0 Å². The average molecular weight is 326 g/mol. The van der Waals surface area contributed by atoms with Crippen LogP contribution in [-0.2, 0) is 0 Å². The van der Waals surface area contributed by atoms with E-state index in [0.29, 0.717) is 13.1 Å². The molecular formula is C20H43N3. The quantitative estimate of drug-likeness (QED) is 0.289. The summed E-state index contributed by atoms with van der Waals surface area (Å²) in [5.41, 5.74) is 11.2. The predicted octanol–water partition coefficient (Wildman–Crippen LogP) is 4.46. The molecular weight excluding hydrogens is 282 g/mol. The van der Waals surface area contributed by atoms with Crippen molar-refractivity contribution in [2.75, 3.05) is 32.7 Å². The zero-order valence-electron chi connectivity index (χ0n) is 15.8. The number of hydrogen-bond acceptors (Lipinski definition) is 3. The standard InChI is InChI=1S/C20H43N3/c1-2-3-4-5-6-7-8-9-10-11-12-13-14-15-18-23(19-16-21)20-17-22/h14-15H,2-13,16-22H2,1H3/b15-14+. The molecule has 0 amide bonds. The van der Waals surface area contributed by atoms with Crippen LogP contribution in [0.1, 0.15) is 84.0 Å². The van der Waals surface area contributed by atoms with Gasteiger partial charge in [0.15, 0.2) is 0 Å². The summed E-state index contributed by atoms with van der Waals surface area (Å²) in [5.74, 6) is 0. The Morgan fingerprint density at radius 2 is 1.13 bits per heavy atom. The summed E-state index contributed by atoms with van der Waals surface area (Å²) < 4.78 is 0. The number of unbranched alkanes of at least 4 members (excludes halogenated alkanes) is 11. The van der Waals surface area contributed by atoms with E-state index in [1.807, 2.05) is 0 Å². The summed E-state index contributed by atoms with van der Waals surface area (Å²) in [7, 11) is 0. The molecule has 0 radical (unpaired) electrons. The third-order valence-electron chi connectivity index (χ3n) is 4.40. The van der Waals surface area contributed by atoms with Gasteiger partial charge < -0.3 is 11.5 Å². The first kappa shape index (κ1) is 22.6. The SMILES string of the molecule is CCCCCCCCCCCCC/C=C/CN(CCN)CCN. The van der Waals surface area contributed by atoms with Crippen molar-refractivity contribution in [1.29, 1.82) is 0 Å². The van der Waals surface area contributed by atoms with E-state index >= 15 is 0 Å². The van der Waals surface area contributed by atoms with E-state index in [2.05, 4.69) is 24.0 Å². The summed E-state index contributed by atoms with van der Waals surface area (Å²) in [6, 6.07) is 0. The topological polar surface area (TPSA) is 55.3 Å². The highest BCUT2D eigenvalue weighted by atomic mass is 15.1. The zero-order chi connectivity index (χ0) is 17.0. The molecule has 4 N–H and O–H groups in total. The van der Waals surface area contributed by atoms with Crippen LogP contribution in [0.15, 0.2) is 12.2 Å². The molecule has 3 nitrogen and oxygen atoms in total. The van der Waals surface area contributed by atoms with Crippen molar-refractivity contribution in [2.24, 2.45) is 11.5 Å². The van der Waals surface area contributed by atoms with E-state index in [-0.39, 0.29) is 0 Å². The fourth-order valence-corrected chi connectivity index (χ4v) is 2.93. The molecule has 0 saturated heterocycles. The minimum absolute atomic E-state index is 0.715. The Kier molecular flexibility index (Phi) is 19.3. The van der Waals surface area contributed by atoms with Crippen molar-refractivity contribution < 1.29 is 0 Å². The van der Waals surface area contributed by atoms with Gasteiger partial charge in [-0.15, -0.1) is 0 Å². The Morgan fingerprint density at radius 3 is 1.61 bits per heavy atom. The van der Waals surface area contributed by atoms with Crippen LogP contribution in [0.25, 0.3) is 0 Å². The average Bonchev–Trinajstić information content (AvgIpc) is 2.55. The van der Waals surface area contributed by atoms with Crippen molar-refractivity contribution in [1.82, 2.24) is 4.90 Å². The van der Waals surface area contributed by atoms with Gasteiger partial charge in [-0.05, 0) is 12.8 Å². The van der Waals surface area contributed by atoms with Gasteiger partial charge in [0.1, 0.15) is 0 Å². The zero-order valence-corrected chi connectivity index (χ0v) is 15.8. The Morgan fingerprint density at radius 1 is 0.652 bits per heavy atom. The third kappa shape index (κ3) is 17.8. The van der Waals surface area contributed by atoms with Crippen LogP contribution in [0.5, 0.6) is 0 Å². The number of rotatable bonds is 18. The molecule has 0 heterocycles. The molecule has 0 aromatic carbocycles. The number of hydrogen-bond donors (Lipinski definition) is 2. The second-order valence-electron chi connectivity index (χ2n) is 6.67. The lowest BCUT2D eigenvalue weighted by molar-refractivity contribution is 0.319. The summed E-state index contributed by atoms with van der Waals surface area (Å²) in [6.45, 7) is 6.59. The Bertz CT molecular complexity index is 235. The molecule has 0 rings (SSSR count). The van der Waals surface area contributed by atoms with Crippen molar-refractivity contribution in [3.63, 3.8) is 0 Å². The Hall–Kier alpha value is -0.380. The lowest BCUT2D eigenvalue weighted by atomic mass is 10.1. The number of allylic oxidation sites excluding steroid dienone is 1. The van der Waals surface area contributed by atoms with Crippen LogP contribution in [0.4, 0.5) is 0 Å². The highest BCUT2D eigenvalue weighted by Gasteiger charge is 1.98. The predicted molar refractivity (Wildman–Crippen MR) is 105 cm³/mol. The highest BCUT2D eigenvalue weighted by Crippen LogP contribution is 2.11. The maximum absolute atomic E-state index is 5.60. The second-order valence-corrected chi connectivity index (χ2v) is 6.67. The maximum Gasteiger partial charge on any atom is 0.0164 e. The first-order valence-corrected chi connectivity index (χ1v) is 10.1. The molecule has 0 fully saturated rings. The van der Waals surface area contributed by atoms with Crippen LogP contribution in [0.3, 0.4) is 0 Å². The van der Waals surface area contributed by atoms with Crippen LogP contribution >= 0.6 is 0 Å². The van der Waals surface area contributed by atoms with E-state index in [9.17, 15) is 0 Å². The van der Waals surface area contributed by atoms with Crippen LogP contribution in [0, 0.1) is 0 Å². The van der Waals surface area contributed by atoms with Gasteiger partial charge in [-0.2, -0.15) is 0 Å². The Labute approximate surface area is 145 Å². The summed E-state index contributed by atoms with van der Waals surface area (Å²) in [5, 5.41) is 0. The molecule has 0 atom stereocenters. The van der Waals surface area contributed by atoms with E-state index in [4.69, 9.17) is 11.5 Å². The van der Waals surface area contributed by atoms with E-state index in [1.54, 1.807) is 0 Å². The van der Waals surface area contributed by atoms with Crippen LogP contribution in [-0.4, -0.2) is 37.6 Å². The van der Waals surface area contributed by atoms with Gasteiger partial charge in [-0.1, -0.05) is 83.3 Å². The first-order valence-electron chi connectivity index (χ1n) is 10.1. The molecule has 0 saturated carbocycles. The van der Waals surface area contributed by atoms with Gasteiger partial charge in [-0.25, -0.2) is 0 Å². The van der Waals surface area contributed by atoms with Gasteiger partial charge in [0.2, 0.25) is 0 Å². The van der Waals surface area contributed by atoms with Gasteiger partial charge in [-0.3, -0.25) is 4.90 Å². The minimum Gasteiger partial charge on any atom is -0.329 e. The van der Waals surface area contributed by atoms with Gasteiger partial charge >= 0.3 is 0 Å².